The molecule has 2 heterocycles. The molecule has 166 valence electrons. The molecule has 2 aliphatic heterocycles. The summed E-state index contributed by atoms with van der Waals surface area (Å²) in [6.07, 6.45) is 3.26. The summed E-state index contributed by atoms with van der Waals surface area (Å²) in [5.74, 6) is -0.982. The average Bonchev–Trinajstić information content (AvgIpc) is 3.30. The highest BCUT2D eigenvalue weighted by Gasteiger charge is 2.32. The second-order valence-electron chi connectivity index (χ2n) is 8.81. The predicted octanol–water partition coefficient (Wildman–Crippen LogP) is 3.78. The quantitative estimate of drug-likeness (QED) is 0.731. The zero-order valence-corrected chi connectivity index (χ0v) is 17.9. The van der Waals surface area contributed by atoms with Gasteiger partial charge in [-0.15, -0.1) is 0 Å². The smallest absolute Gasteiger partial charge is 0.224 e. The van der Waals surface area contributed by atoms with E-state index in [2.05, 4.69) is 27.2 Å². The summed E-state index contributed by atoms with van der Waals surface area (Å²) >= 11 is 0. The molecule has 4 nitrogen and oxygen atoms in total. The van der Waals surface area contributed by atoms with E-state index in [0.717, 1.165) is 38.7 Å². The van der Waals surface area contributed by atoms with Crippen molar-refractivity contribution in [3.05, 3.63) is 71.3 Å². The molecule has 1 N–H and O–H groups in total. The van der Waals surface area contributed by atoms with Crippen LogP contribution in [0, 0.1) is 17.6 Å². The van der Waals surface area contributed by atoms with Crippen LogP contribution in [0.5, 0.6) is 0 Å². The summed E-state index contributed by atoms with van der Waals surface area (Å²) in [7, 11) is 0. The molecule has 6 heteroatoms. The van der Waals surface area contributed by atoms with Crippen LogP contribution in [0.15, 0.2) is 48.5 Å². The number of likely N-dealkylation sites (tertiary alicyclic amines) is 2. The molecule has 4 rings (SSSR count). The van der Waals surface area contributed by atoms with Gasteiger partial charge >= 0.3 is 0 Å². The predicted molar refractivity (Wildman–Crippen MR) is 118 cm³/mol. The molecule has 31 heavy (non-hydrogen) atoms. The van der Waals surface area contributed by atoms with E-state index in [4.69, 9.17) is 0 Å². The van der Waals surface area contributed by atoms with Gasteiger partial charge in [0.05, 0.1) is 5.92 Å². The molecule has 2 atom stereocenters. The Kier molecular flexibility index (Phi) is 7.30. The molecule has 2 aromatic rings. The number of nitrogens with one attached hydrogen (secondary N) is 1. The number of carbonyl (C=O) groups is 1. The Morgan fingerprint density at radius 3 is 2.52 bits per heavy atom. The normalized spacial score (nSPS) is 22.5. The third kappa shape index (κ3) is 5.89. The Bertz CT molecular complexity index is 870. The number of nitrogens with zero attached hydrogens (tertiary/aromatic N) is 2. The maximum absolute atomic E-state index is 14.2. The van der Waals surface area contributed by atoms with Gasteiger partial charge < -0.3 is 10.2 Å². The van der Waals surface area contributed by atoms with Gasteiger partial charge in [-0.2, -0.15) is 0 Å². The molecule has 0 aromatic heterocycles. The topological polar surface area (TPSA) is 35.6 Å². The lowest BCUT2D eigenvalue weighted by atomic mass is 9.84. The summed E-state index contributed by atoms with van der Waals surface area (Å²) in [5, 5.41) is 3.12. The Morgan fingerprint density at radius 2 is 1.77 bits per heavy atom. The number of hydrogen-bond acceptors (Lipinski definition) is 3. The fourth-order valence-electron chi connectivity index (χ4n) is 4.85. The van der Waals surface area contributed by atoms with Gasteiger partial charge in [0.1, 0.15) is 11.6 Å². The largest absolute Gasteiger partial charge is 0.355 e. The zero-order chi connectivity index (χ0) is 21.6. The van der Waals surface area contributed by atoms with Crippen LogP contribution in [-0.2, 0) is 11.3 Å². The first-order chi connectivity index (χ1) is 15.1. The van der Waals surface area contributed by atoms with Gasteiger partial charge in [0, 0.05) is 44.4 Å². The number of piperidine rings is 1. The van der Waals surface area contributed by atoms with Crippen LogP contribution in [0.2, 0.25) is 0 Å². The highest BCUT2D eigenvalue weighted by Crippen LogP contribution is 2.31. The fourth-order valence-corrected chi connectivity index (χ4v) is 4.85. The minimum Gasteiger partial charge on any atom is -0.355 e. The van der Waals surface area contributed by atoms with E-state index in [0.29, 0.717) is 25.2 Å². The molecule has 2 saturated heterocycles. The van der Waals surface area contributed by atoms with E-state index in [1.165, 1.54) is 30.5 Å². The first kappa shape index (κ1) is 21.9. The Morgan fingerprint density at radius 1 is 1.00 bits per heavy atom. The standard InChI is InChI=1S/C25H31F2N3O/c26-23-9-8-20(24(27)15-23)16-30-17-21(19-6-2-1-3-7-19)14-22(18-30)25(31)28-10-13-29-11-4-5-12-29/h1-3,6-9,15,21-22H,4-5,10-14,16-18H2,(H,28,31). The van der Waals surface area contributed by atoms with Gasteiger partial charge in [-0.1, -0.05) is 36.4 Å². The number of benzene rings is 2. The van der Waals surface area contributed by atoms with Crippen LogP contribution in [0.3, 0.4) is 0 Å². The molecule has 2 unspecified atom stereocenters. The maximum atomic E-state index is 14.2. The minimum absolute atomic E-state index is 0.0735. The highest BCUT2D eigenvalue weighted by atomic mass is 19.1. The Balaban J connectivity index is 1.43. The van der Waals surface area contributed by atoms with Crippen molar-refractivity contribution in [1.82, 2.24) is 15.1 Å². The lowest BCUT2D eigenvalue weighted by Gasteiger charge is -2.37. The van der Waals surface area contributed by atoms with E-state index >= 15 is 0 Å². The molecule has 0 radical (unpaired) electrons. The van der Waals surface area contributed by atoms with Crippen molar-refractivity contribution in [2.45, 2.75) is 31.7 Å². The second-order valence-corrected chi connectivity index (χ2v) is 8.81. The summed E-state index contributed by atoms with van der Waals surface area (Å²) in [6, 6.07) is 13.9. The third-order valence-electron chi connectivity index (χ3n) is 6.50. The summed E-state index contributed by atoms with van der Waals surface area (Å²) in [6.45, 7) is 5.49. The van der Waals surface area contributed by atoms with Crippen molar-refractivity contribution in [2.75, 3.05) is 39.3 Å². The number of amides is 1. The molecule has 2 aliphatic rings. The Labute approximate surface area is 183 Å². The van der Waals surface area contributed by atoms with Gasteiger partial charge in [-0.25, -0.2) is 8.78 Å². The van der Waals surface area contributed by atoms with Crippen LogP contribution in [0.1, 0.15) is 36.3 Å². The van der Waals surface area contributed by atoms with Crippen molar-refractivity contribution in [1.29, 1.82) is 0 Å². The minimum atomic E-state index is -0.572. The Hall–Kier alpha value is -2.31. The van der Waals surface area contributed by atoms with Gasteiger partial charge in [-0.05, 0) is 49.9 Å². The molecule has 2 fully saturated rings. The third-order valence-corrected chi connectivity index (χ3v) is 6.50. The van der Waals surface area contributed by atoms with Gasteiger partial charge in [0.15, 0.2) is 0 Å². The van der Waals surface area contributed by atoms with Crippen molar-refractivity contribution in [3.63, 3.8) is 0 Å². The number of rotatable bonds is 7. The second kappa shape index (κ2) is 10.3. The van der Waals surface area contributed by atoms with E-state index in [1.54, 1.807) is 0 Å². The molecule has 2 aromatic carbocycles. The van der Waals surface area contributed by atoms with Crippen LogP contribution in [-0.4, -0.2) is 55.0 Å². The lowest BCUT2D eigenvalue weighted by molar-refractivity contribution is -0.127. The molecule has 1 amide bonds. The summed E-state index contributed by atoms with van der Waals surface area (Å²) in [4.78, 5) is 17.5. The van der Waals surface area contributed by atoms with Crippen molar-refractivity contribution in [3.8, 4) is 0 Å². The van der Waals surface area contributed by atoms with Crippen molar-refractivity contribution >= 4 is 5.91 Å². The first-order valence-corrected chi connectivity index (χ1v) is 11.3. The number of hydrogen-bond donors (Lipinski definition) is 1. The molecular weight excluding hydrogens is 396 g/mol. The molecule has 0 spiro atoms. The molecular formula is C25H31F2N3O. The molecule has 0 saturated carbocycles. The monoisotopic (exact) mass is 427 g/mol. The molecule has 0 bridgehead atoms. The summed E-state index contributed by atoms with van der Waals surface area (Å²) in [5.41, 5.74) is 1.66. The van der Waals surface area contributed by atoms with Crippen LogP contribution in [0.4, 0.5) is 8.78 Å². The van der Waals surface area contributed by atoms with E-state index in [1.807, 2.05) is 18.2 Å². The average molecular weight is 428 g/mol. The zero-order valence-electron chi connectivity index (χ0n) is 17.9. The van der Waals surface area contributed by atoms with Crippen LogP contribution < -0.4 is 5.32 Å². The lowest BCUT2D eigenvalue weighted by Crippen LogP contribution is -2.46. The van der Waals surface area contributed by atoms with Crippen molar-refractivity contribution in [2.24, 2.45) is 5.92 Å². The first-order valence-electron chi connectivity index (χ1n) is 11.3. The fraction of sp³-hybridized carbons (Fsp3) is 0.480. The van der Waals surface area contributed by atoms with E-state index in [9.17, 15) is 13.6 Å². The highest BCUT2D eigenvalue weighted by molar-refractivity contribution is 5.79. The van der Waals surface area contributed by atoms with Crippen LogP contribution in [0.25, 0.3) is 0 Å². The van der Waals surface area contributed by atoms with Crippen molar-refractivity contribution < 1.29 is 13.6 Å². The summed E-state index contributed by atoms with van der Waals surface area (Å²) < 4.78 is 27.5. The number of halogens is 2. The van der Waals surface area contributed by atoms with Crippen LogP contribution >= 0.6 is 0 Å². The van der Waals surface area contributed by atoms with E-state index < -0.39 is 11.6 Å². The van der Waals surface area contributed by atoms with Gasteiger partial charge in [-0.3, -0.25) is 9.69 Å². The van der Waals surface area contributed by atoms with Gasteiger partial charge in [0.25, 0.3) is 0 Å². The van der Waals surface area contributed by atoms with Gasteiger partial charge in [0.2, 0.25) is 5.91 Å². The SMILES string of the molecule is O=C(NCCN1CCCC1)C1CC(c2ccccc2)CN(Cc2ccc(F)cc2F)C1. The number of carbonyl (C=O) groups excluding carboxylic acids is 1. The van der Waals surface area contributed by atoms with E-state index in [-0.39, 0.29) is 17.7 Å². The maximum Gasteiger partial charge on any atom is 0.224 e. The molecule has 0 aliphatic carbocycles.